The van der Waals surface area contributed by atoms with E-state index in [9.17, 15) is 0 Å². The number of halogens is 3. The fourth-order valence-corrected chi connectivity index (χ4v) is 2.45. The SMILES string of the molecule is CNC(c1ccc(Cl)c(Cl)c1)c1ccccc1Cl. The summed E-state index contributed by atoms with van der Waals surface area (Å²) in [5.41, 5.74) is 2.04. The Balaban J connectivity index is 2.45. The molecule has 94 valence electrons. The van der Waals surface area contributed by atoms with E-state index in [2.05, 4.69) is 5.32 Å². The van der Waals surface area contributed by atoms with Gasteiger partial charge in [-0.1, -0.05) is 59.1 Å². The third-order valence-electron chi connectivity index (χ3n) is 2.78. The maximum Gasteiger partial charge on any atom is 0.0595 e. The predicted octanol–water partition coefficient (Wildman–Crippen LogP) is 4.96. The molecule has 1 nitrogen and oxygen atoms in total. The zero-order valence-corrected chi connectivity index (χ0v) is 12.0. The minimum absolute atomic E-state index is 0.00605. The molecule has 0 heterocycles. The van der Waals surface area contributed by atoms with Crippen LogP contribution in [0, 0.1) is 0 Å². The van der Waals surface area contributed by atoms with Crippen LogP contribution in [0.2, 0.25) is 15.1 Å². The van der Waals surface area contributed by atoms with Gasteiger partial charge in [0, 0.05) is 5.02 Å². The molecule has 0 bridgehead atoms. The van der Waals surface area contributed by atoms with Crippen LogP contribution in [0.1, 0.15) is 17.2 Å². The third kappa shape index (κ3) is 2.81. The highest BCUT2D eigenvalue weighted by Crippen LogP contribution is 2.31. The van der Waals surface area contributed by atoms with Gasteiger partial charge >= 0.3 is 0 Å². The lowest BCUT2D eigenvalue weighted by Crippen LogP contribution is -2.18. The van der Waals surface area contributed by atoms with Crippen molar-refractivity contribution in [1.82, 2.24) is 5.32 Å². The second-order valence-electron chi connectivity index (χ2n) is 3.92. The fourth-order valence-electron chi connectivity index (χ4n) is 1.90. The molecule has 0 aliphatic carbocycles. The summed E-state index contributed by atoms with van der Waals surface area (Å²) in [7, 11) is 1.89. The van der Waals surface area contributed by atoms with E-state index in [1.807, 2.05) is 43.4 Å². The van der Waals surface area contributed by atoms with E-state index in [4.69, 9.17) is 34.8 Å². The van der Waals surface area contributed by atoms with Crippen LogP contribution < -0.4 is 5.32 Å². The summed E-state index contributed by atoms with van der Waals surface area (Å²) in [6.45, 7) is 0. The summed E-state index contributed by atoms with van der Waals surface area (Å²) in [6, 6.07) is 13.3. The standard InChI is InChI=1S/C14H12Cl3N/c1-18-14(10-4-2-3-5-11(10)15)9-6-7-12(16)13(17)8-9/h2-8,14,18H,1H3. The molecule has 4 heteroatoms. The maximum atomic E-state index is 6.22. The van der Waals surface area contributed by atoms with Crippen molar-refractivity contribution in [3.8, 4) is 0 Å². The van der Waals surface area contributed by atoms with E-state index in [1.54, 1.807) is 6.07 Å². The van der Waals surface area contributed by atoms with E-state index < -0.39 is 0 Å². The molecule has 0 aliphatic rings. The number of benzene rings is 2. The van der Waals surface area contributed by atoms with Crippen LogP contribution in [0.3, 0.4) is 0 Å². The highest BCUT2D eigenvalue weighted by molar-refractivity contribution is 6.42. The van der Waals surface area contributed by atoms with Gasteiger partial charge in [-0.2, -0.15) is 0 Å². The van der Waals surface area contributed by atoms with Gasteiger partial charge in [-0.05, 0) is 36.4 Å². The highest BCUT2D eigenvalue weighted by atomic mass is 35.5. The molecule has 18 heavy (non-hydrogen) atoms. The van der Waals surface area contributed by atoms with Crippen LogP contribution in [-0.4, -0.2) is 7.05 Å². The molecule has 0 aliphatic heterocycles. The lowest BCUT2D eigenvalue weighted by molar-refractivity contribution is 0.692. The molecule has 0 saturated heterocycles. The quantitative estimate of drug-likeness (QED) is 0.845. The molecule has 1 unspecified atom stereocenters. The van der Waals surface area contributed by atoms with E-state index in [-0.39, 0.29) is 6.04 Å². The summed E-state index contributed by atoms with van der Waals surface area (Å²) in [5, 5.41) is 5.05. The first-order valence-electron chi connectivity index (χ1n) is 5.50. The molecule has 0 amide bonds. The first-order chi connectivity index (χ1) is 8.63. The average molecular weight is 301 g/mol. The topological polar surface area (TPSA) is 12.0 Å². The molecule has 1 atom stereocenters. The molecule has 0 radical (unpaired) electrons. The van der Waals surface area contributed by atoms with Crippen molar-refractivity contribution >= 4 is 34.8 Å². The highest BCUT2D eigenvalue weighted by Gasteiger charge is 2.15. The smallest absolute Gasteiger partial charge is 0.0595 e. The Hall–Kier alpha value is -0.730. The number of rotatable bonds is 3. The Morgan fingerprint density at radius 3 is 2.22 bits per heavy atom. The van der Waals surface area contributed by atoms with Crippen LogP contribution in [-0.2, 0) is 0 Å². The first-order valence-corrected chi connectivity index (χ1v) is 6.63. The number of hydrogen-bond acceptors (Lipinski definition) is 1. The third-order valence-corrected chi connectivity index (χ3v) is 3.87. The Morgan fingerprint density at radius 2 is 1.61 bits per heavy atom. The second kappa shape index (κ2) is 5.94. The van der Waals surface area contributed by atoms with Crippen LogP contribution in [0.15, 0.2) is 42.5 Å². The lowest BCUT2D eigenvalue weighted by atomic mass is 9.99. The van der Waals surface area contributed by atoms with Gasteiger partial charge < -0.3 is 5.32 Å². The molecule has 2 aromatic carbocycles. The molecular weight excluding hydrogens is 289 g/mol. The van der Waals surface area contributed by atoms with E-state index >= 15 is 0 Å². The Labute approximate surface area is 122 Å². The Morgan fingerprint density at radius 1 is 0.889 bits per heavy atom. The number of nitrogens with one attached hydrogen (secondary N) is 1. The lowest BCUT2D eigenvalue weighted by Gasteiger charge is -2.19. The van der Waals surface area contributed by atoms with Crippen LogP contribution in [0.25, 0.3) is 0 Å². The van der Waals surface area contributed by atoms with Crippen molar-refractivity contribution in [2.75, 3.05) is 7.05 Å². The van der Waals surface area contributed by atoms with Crippen molar-refractivity contribution < 1.29 is 0 Å². The van der Waals surface area contributed by atoms with E-state index in [0.717, 1.165) is 16.1 Å². The normalized spacial score (nSPS) is 12.4. The zero-order chi connectivity index (χ0) is 13.1. The average Bonchev–Trinajstić information content (AvgIpc) is 2.37. The van der Waals surface area contributed by atoms with Crippen LogP contribution in [0.5, 0.6) is 0 Å². The Kier molecular flexibility index (Phi) is 4.52. The molecule has 0 aromatic heterocycles. The molecule has 2 aromatic rings. The summed E-state index contributed by atoms with van der Waals surface area (Å²) in [5.74, 6) is 0. The largest absolute Gasteiger partial charge is 0.309 e. The monoisotopic (exact) mass is 299 g/mol. The second-order valence-corrected chi connectivity index (χ2v) is 5.14. The van der Waals surface area contributed by atoms with Gasteiger partial charge in [0.05, 0.1) is 16.1 Å². The maximum absolute atomic E-state index is 6.22. The molecule has 0 fully saturated rings. The molecule has 2 rings (SSSR count). The van der Waals surface area contributed by atoms with E-state index in [0.29, 0.717) is 10.0 Å². The van der Waals surface area contributed by atoms with E-state index in [1.165, 1.54) is 0 Å². The first kappa shape index (κ1) is 13.7. The number of hydrogen-bond donors (Lipinski definition) is 1. The van der Waals surface area contributed by atoms with Gasteiger partial charge in [0.25, 0.3) is 0 Å². The van der Waals surface area contributed by atoms with Crippen LogP contribution >= 0.6 is 34.8 Å². The Bertz CT molecular complexity index is 554. The van der Waals surface area contributed by atoms with Crippen LogP contribution in [0.4, 0.5) is 0 Å². The summed E-state index contributed by atoms with van der Waals surface area (Å²) < 4.78 is 0. The molecular formula is C14H12Cl3N. The summed E-state index contributed by atoms with van der Waals surface area (Å²) in [4.78, 5) is 0. The predicted molar refractivity (Wildman–Crippen MR) is 78.8 cm³/mol. The van der Waals surface area contributed by atoms with Crippen molar-refractivity contribution in [2.24, 2.45) is 0 Å². The zero-order valence-electron chi connectivity index (χ0n) is 9.75. The minimum atomic E-state index is -0.00605. The summed E-state index contributed by atoms with van der Waals surface area (Å²) in [6.07, 6.45) is 0. The van der Waals surface area contributed by atoms with Gasteiger partial charge in [-0.15, -0.1) is 0 Å². The van der Waals surface area contributed by atoms with Gasteiger partial charge in [0.1, 0.15) is 0 Å². The van der Waals surface area contributed by atoms with Crippen molar-refractivity contribution in [2.45, 2.75) is 6.04 Å². The van der Waals surface area contributed by atoms with Crippen molar-refractivity contribution in [1.29, 1.82) is 0 Å². The summed E-state index contributed by atoms with van der Waals surface area (Å²) >= 11 is 18.2. The minimum Gasteiger partial charge on any atom is -0.309 e. The van der Waals surface area contributed by atoms with Gasteiger partial charge in [-0.25, -0.2) is 0 Å². The van der Waals surface area contributed by atoms with Crippen molar-refractivity contribution in [3.63, 3.8) is 0 Å². The molecule has 0 saturated carbocycles. The van der Waals surface area contributed by atoms with Gasteiger partial charge in [0.2, 0.25) is 0 Å². The fraction of sp³-hybridized carbons (Fsp3) is 0.143. The van der Waals surface area contributed by atoms with Gasteiger partial charge in [0.15, 0.2) is 0 Å². The molecule has 1 N–H and O–H groups in total. The van der Waals surface area contributed by atoms with Gasteiger partial charge in [-0.3, -0.25) is 0 Å². The molecule has 0 spiro atoms. The van der Waals surface area contributed by atoms with Crippen molar-refractivity contribution in [3.05, 3.63) is 68.7 Å².